The van der Waals surface area contributed by atoms with E-state index in [4.69, 9.17) is 29.3 Å². The monoisotopic (exact) mass is 553 g/mol. The summed E-state index contributed by atoms with van der Waals surface area (Å²) in [5.74, 6) is 1.62. The van der Waals surface area contributed by atoms with Crippen LogP contribution in [-0.2, 0) is 10.0 Å². The van der Waals surface area contributed by atoms with Crippen LogP contribution in [0.25, 0.3) is 28.5 Å². The first-order chi connectivity index (χ1) is 18.9. The lowest BCUT2D eigenvalue weighted by molar-refractivity contribution is 0.327. The molecule has 1 atom stereocenters. The smallest absolute Gasteiger partial charge is 0.218 e. The van der Waals surface area contributed by atoms with Crippen molar-refractivity contribution in [2.24, 2.45) is 11.1 Å². The molecule has 1 saturated heterocycles. The minimum atomic E-state index is -3.98. The van der Waals surface area contributed by atoms with E-state index in [1.54, 1.807) is 49.1 Å². The second kappa shape index (κ2) is 11.1. The molecule has 13 heteroatoms. The molecule has 1 fully saturated rings. The number of hydrogen-bond donors (Lipinski definition) is 2. The van der Waals surface area contributed by atoms with Crippen molar-refractivity contribution in [1.29, 1.82) is 0 Å². The average Bonchev–Trinajstić information content (AvgIpc) is 3.31. The highest BCUT2D eigenvalue weighted by molar-refractivity contribution is 7.89. The second-order valence-electron chi connectivity index (χ2n) is 9.12. The summed E-state index contributed by atoms with van der Waals surface area (Å²) in [7, 11) is -0.881. The van der Waals surface area contributed by atoms with Crippen LogP contribution in [0.2, 0.25) is 0 Å². The number of sulfonamides is 1. The number of hydrogen-bond acceptors (Lipinski definition) is 10. The lowest BCUT2D eigenvalue weighted by Crippen LogP contribution is -2.36. The number of benzene rings is 1. The van der Waals surface area contributed by atoms with Gasteiger partial charge < -0.3 is 19.5 Å². The SMILES string of the molecule is CCOc1cccc(-c2nc3ncc(C(C4CCNCC4)S(N)(=O)=O)nc3n2-c2c(OC)cccc2OC)n1. The largest absolute Gasteiger partial charge is 0.494 e. The van der Waals surface area contributed by atoms with Gasteiger partial charge in [0.2, 0.25) is 15.9 Å². The Morgan fingerprint density at radius 1 is 1.05 bits per heavy atom. The molecule has 12 nitrogen and oxygen atoms in total. The van der Waals surface area contributed by atoms with Gasteiger partial charge in [-0.05, 0) is 57.0 Å². The van der Waals surface area contributed by atoms with Crippen LogP contribution in [0.5, 0.6) is 17.4 Å². The van der Waals surface area contributed by atoms with Crippen molar-refractivity contribution < 1.29 is 22.6 Å². The fourth-order valence-corrected chi connectivity index (χ4v) is 6.29. The van der Waals surface area contributed by atoms with Crippen LogP contribution in [0.15, 0.2) is 42.6 Å². The van der Waals surface area contributed by atoms with E-state index in [-0.39, 0.29) is 11.6 Å². The quantitative estimate of drug-likeness (QED) is 0.316. The maximum atomic E-state index is 12.9. The summed E-state index contributed by atoms with van der Waals surface area (Å²) in [4.78, 5) is 18.8. The third-order valence-corrected chi connectivity index (χ3v) is 8.05. The molecule has 3 N–H and O–H groups in total. The summed E-state index contributed by atoms with van der Waals surface area (Å²) in [5.41, 5.74) is 1.88. The van der Waals surface area contributed by atoms with Crippen LogP contribution in [0.1, 0.15) is 30.7 Å². The molecule has 5 rings (SSSR count). The standard InChI is InChI=1S/C26H31N7O5S/c1-4-38-21-10-5-7-17(30-21)25-32-24-26(33(25)22-19(36-2)8-6-9-20(22)37-3)31-18(15-29-24)23(39(27,34)35)16-11-13-28-14-12-16/h5-10,15-16,23,28H,4,11-14H2,1-3H3,(H2,27,34,35). The molecular weight excluding hydrogens is 522 g/mol. The molecule has 0 aliphatic carbocycles. The van der Waals surface area contributed by atoms with Crippen LogP contribution in [0.4, 0.5) is 0 Å². The lowest BCUT2D eigenvalue weighted by atomic mass is 9.93. The van der Waals surface area contributed by atoms with E-state index in [2.05, 4.69) is 15.3 Å². The Labute approximate surface area is 226 Å². The first-order valence-corrected chi connectivity index (χ1v) is 14.3. The van der Waals surface area contributed by atoms with Crippen LogP contribution < -0.4 is 24.7 Å². The topological polar surface area (TPSA) is 156 Å². The number of primary sulfonamides is 1. The van der Waals surface area contributed by atoms with Gasteiger partial charge in [0.05, 0.1) is 32.7 Å². The van der Waals surface area contributed by atoms with E-state index >= 15 is 0 Å². The van der Waals surface area contributed by atoms with Gasteiger partial charge in [-0.3, -0.25) is 4.57 Å². The number of fused-ring (bicyclic) bond motifs is 1. The first kappa shape index (κ1) is 26.8. The molecule has 1 aromatic carbocycles. The van der Waals surface area contributed by atoms with Crippen LogP contribution in [0.3, 0.4) is 0 Å². The third kappa shape index (κ3) is 5.24. The maximum absolute atomic E-state index is 12.9. The molecule has 0 radical (unpaired) electrons. The zero-order chi connectivity index (χ0) is 27.6. The molecule has 4 aromatic rings. The molecule has 39 heavy (non-hydrogen) atoms. The normalized spacial score (nSPS) is 15.3. The predicted octanol–water partition coefficient (Wildman–Crippen LogP) is 2.62. The minimum Gasteiger partial charge on any atom is -0.494 e. The Morgan fingerprint density at radius 3 is 2.38 bits per heavy atom. The van der Waals surface area contributed by atoms with Crippen molar-refractivity contribution in [3.05, 3.63) is 48.3 Å². The van der Waals surface area contributed by atoms with Gasteiger partial charge in [-0.1, -0.05) is 12.1 Å². The van der Waals surface area contributed by atoms with E-state index in [1.165, 1.54) is 6.20 Å². The molecule has 0 amide bonds. The number of nitrogens with one attached hydrogen (secondary N) is 1. The Kier molecular flexibility index (Phi) is 7.64. The molecule has 3 aromatic heterocycles. The number of methoxy groups -OCH3 is 2. The lowest BCUT2D eigenvalue weighted by Gasteiger charge is -2.28. The third-order valence-electron chi connectivity index (χ3n) is 6.72. The molecule has 0 saturated carbocycles. The zero-order valence-electron chi connectivity index (χ0n) is 22.0. The van der Waals surface area contributed by atoms with Crippen molar-refractivity contribution >= 4 is 21.3 Å². The Morgan fingerprint density at radius 2 is 1.74 bits per heavy atom. The van der Waals surface area contributed by atoms with E-state index in [9.17, 15) is 8.42 Å². The molecule has 0 bridgehead atoms. The first-order valence-electron chi connectivity index (χ1n) is 12.6. The zero-order valence-corrected chi connectivity index (χ0v) is 22.8. The minimum absolute atomic E-state index is 0.200. The number of pyridine rings is 1. The highest BCUT2D eigenvalue weighted by Crippen LogP contribution is 2.39. The summed E-state index contributed by atoms with van der Waals surface area (Å²) >= 11 is 0. The number of nitrogens with two attached hydrogens (primary N) is 1. The molecule has 4 heterocycles. The summed E-state index contributed by atoms with van der Waals surface area (Å²) in [6.07, 6.45) is 2.75. The summed E-state index contributed by atoms with van der Waals surface area (Å²) in [6.45, 7) is 3.73. The van der Waals surface area contributed by atoms with Gasteiger partial charge >= 0.3 is 0 Å². The molecule has 0 spiro atoms. The molecular formula is C26H31N7O5S. The van der Waals surface area contributed by atoms with E-state index in [0.717, 1.165) is 0 Å². The van der Waals surface area contributed by atoms with Crippen LogP contribution in [-0.4, -0.2) is 66.8 Å². The summed E-state index contributed by atoms with van der Waals surface area (Å²) in [6, 6.07) is 10.8. The maximum Gasteiger partial charge on any atom is 0.218 e. The molecule has 1 aliphatic rings. The van der Waals surface area contributed by atoms with Gasteiger partial charge in [0.15, 0.2) is 17.1 Å². The molecule has 1 unspecified atom stereocenters. The van der Waals surface area contributed by atoms with Gasteiger partial charge in [-0.15, -0.1) is 0 Å². The van der Waals surface area contributed by atoms with Crippen LogP contribution in [0, 0.1) is 5.92 Å². The van der Waals surface area contributed by atoms with Crippen LogP contribution >= 0.6 is 0 Å². The van der Waals surface area contributed by atoms with E-state index in [1.807, 2.05) is 13.0 Å². The number of nitrogens with zero attached hydrogens (tertiary/aromatic N) is 5. The second-order valence-corrected chi connectivity index (χ2v) is 10.8. The van der Waals surface area contributed by atoms with Gasteiger partial charge in [-0.2, -0.15) is 0 Å². The Bertz CT molecular complexity index is 1560. The van der Waals surface area contributed by atoms with Crippen molar-refractivity contribution in [1.82, 2.24) is 29.8 Å². The summed E-state index contributed by atoms with van der Waals surface area (Å²) < 4.78 is 44.4. The fraction of sp³-hybridized carbons (Fsp3) is 0.385. The van der Waals surface area contributed by atoms with Gasteiger partial charge in [0.1, 0.15) is 28.1 Å². The number of ether oxygens (including phenoxy) is 3. The Balaban J connectivity index is 1.80. The van der Waals surface area contributed by atoms with E-state index < -0.39 is 15.3 Å². The highest BCUT2D eigenvalue weighted by Gasteiger charge is 2.36. The molecule has 1 aliphatic heterocycles. The van der Waals surface area contributed by atoms with Crippen molar-refractivity contribution in [2.75, 3.05) is 33.9 Å². The van der Waals surface area contributed by atoms with Crippen molar-refractivity contribution in [3.63, 3.8) is 0 Å². The predicted molar refractivity (Wildman–Crippen MR) is 146 cm³/mol. The van der Waals surface area contributed by atoms with Gasteiger partial charge in [0.25, 0.3) is 0 Å². The number of rotatable bonds is 9. The van der Waals surface area contributed by atoms with Crippen molar-refractivity contribution in [2.45, 2.75) is 25.0 Å². The highest BCUT2D eigenvalue weighted by atomic mass is 32.2. The van der Waals surface area contributed by atoms with Gasteiger partial charge in [0, 0.05) is 6.07 Å². The number of aromatic nitrogens is 5. The number of para-hydroxylation sites is 1. The fourth-order valence-electron chi connectivity index (χ4n) is 5.03. The number of piperidine rings is 1. The average molecular weight is 554 g/mol. The van der Waals surface area contributed by atoms with E-state index in [0.29, 0.717) is 78.4 Å². The molecule has 206 valence electrons. The van der Waals surface area contributed by atoms with Crippen molar-refractivity contribution in [3.8, 4) is 34.6 Å². The Hall–Kier alpha value is -3.81. The number of imidazole rings is 1. The summed E-state index contributed by atoms with van der Waals surface area (Å²) in [5, 5.41) is 8.02. The van der Waals surface area contributed by atoms with Gasteiger partial charge in [-0.25, -0.2) is 33.5 Å².